The lowest BCUT2D eigenvalue weighted by Crippen LogP contribution is -2.46. The summed E-state index contributed by atoms with van der Waals surface area (Å²) in [5, 5.41) is 12.6. The highest BCUT2D eigenvalue weighted by molar-refractivity contribution is 4.70. The molecule has 0 aromatic heterocycles. The highest BCUT2D eigenvalue weighted by Crippen LogP contribution is 2.09. The first-order valence-corrected chi connectivity index (χ1v) is 7.48. The van der Waals surface area contributed by atoms with E-state index in [4.69, 9.17) is 5.11 Å². The summed E-state index contributed by atoms with van der Waals surface area (Å²) < 4.78 is 0. The van der Waals surface area contributed by atoms with Crippen molar-refractivity contribution >= 4 is 0 Å². The molecule has 0 aliphatic carbocycles. The third-order valence-corrected chi connectivity index (χ3v) is 3.87. The van der Waals surface area contributed by atoms with Crippen LogP contribution >= 0.6 is 0 Å². The zero-order valence-corrected chi connectivity index (χ0v) is 12.2. The maximum absolute atomic E-state index is 9.01. The Morgan fingerprint density at radius 1 is 1.17 bits per heavy atom. The first-order chi connectivity index (χ1) is 8.76. The predicted molar refractivity (Wildman–Crippen MR) is 76.9 cm³/mol. The number of aliphatic hydroxyl groups is 1. The molecule has 1 rings (SSSR count). The Labute approximate surface area is 112 Å². The molecule has 1 unspecified atom stereocenters. The van der Waals surface area contributed by atoms with Gasteiger partial charge in [0.15, 0.2) is 0 Å². The van der Waals surface area contributed by atoms with Crippen molar-refractivity contribution in [2.45, 2.75) is 26.2 Å². The van der Waals surface area contributed by atoms with Crippen molar-refractivity contribution in [2.24, 2.45) is 5.92 Å². The Morgan fingerprint density at radius 2 is 1.89 bits per heavy atom. The van der Waals surface area contributed by atoms with Gasteiger partial charge < -0.3 is 15.3 Å². The van der Waals surface area contributed by atoms with Gasteiger partial charge in [-0.3, -0.25) is 4.90 Å². The van der Waals surface area contributed by atoms with E-state index in [1.807, 2.05) is 0 Å². The summed E-state index contributed by atoms with van der Waals surface area (Å²) in [6.07, 6.45) is 3.38. The molecule has 108 valence electrons. The predicted octanol–water partition coefficient (Wildman–Crippen LogP) is 0.622. The number of piperazine rings is 1. The van der Waals surface area contributed by atoms with Crippen LogP contribution in [0.5, 0.6) is 0 Å². The third-order valence-electron chi connectivity index (χ3n) is 3.87. The number of nitrogens with zero attached hydrogens (tertiary/aromatic N) is 2. The quantitative estimate of drug-likeness (QED) is 0.594. The van der Waals surface area contributed by atoms with Crippen molar-refractivity contribution < 1.29 is 5.11 Å². The van der Waals surface area contributed by atoms with Gasteiger partial charge in [-0.2, -0.15) is 0 Å². The van der Waals surface area contributed by atoms with Gasteiger partial charge in [0.25, 0.3) is 0 Å². The minimum atomic E-state index is 0.324. The lowest BCUT2D eigenvalue weighted by molar-refractivity contribution is 0.154. The van der Waals surface area contributed by atoms with E-state index < -0.39 is 0 Å². The van der Waals surface area contributed by atoms with Crippen LogP contribution in [0.2, 0.25) is 0 Å². The fourth-order valence-corrected chi connectivity index (χ4v) is 2.55. The molecule has 0 aromatic rings. The molecule has 2 N–H and O–H groups in total. The maximum atomic E-state index is 9.01. The highest BCUT2D eigenvalue weighted by Gasteiger charge is 2.13. The summed E-state index contributed by atoms with van der Waals surface area (Å²) in [7, 11) is 2.19. The number of hydrogen-bond acceptors (Lipinski definition) is 4. The molecular formula is C14H31N3O. The van der Waals surface area contributed by atoms with Crippen LogP contribution in [0.15, 0.2) is 0 Å². The number of nitrogens with one attached hydrogen (secondary N) is 1. The monoisotopic (exact) mass is 257 g/mol. The molecule has 1 atom stereocenters. The summed E-state index contributed by atoms with van der Waals surface area (Å²) in [6, 6.07) is 0. The van der Waals surface area contributed by atoms with Crippen molar-refractivity contribution in [2.75, 3.05) is 59.5 Å². The third kappa shape index (κ3) is 6.69. The van der Waals surface area contributed by atoms with Crippen LogP contribution in [0, 0.1) is 5.92 Å². The zero-order chi connectivity index (χ0) is 13.2. The fraction of sp³-hybridized carbons (Fsp3) is 1.00. The van der Waals surface area contributed by atoms with Crippen LogP contribution in [0.1, 0.15) is 26.2 Å². The van der Waals surface area contributed by atoms with Gasteiger partial charge in [-0.25, -0.2) is 0 Å². The number of aliphatic hydroxyl groups excluding tert-OH is 1. The van der Waals surface area contributed by atoms with E-state index in [2.05, 4.69) is 29.1 Å². The fourth-order valence-electron chi connectivity index (χ4n) is 2.55. The molecule has 1 aliphatic heterocycles. The molecule has 1 fully saturated rings. The minimum absolute atomic E-state index is 0.324. The van der Waals surface area contributed by atoms with Crippen LogP contribution < -0.4 is 5.32 Å². The van der Waals surface area contributed by atoms with Gasteiger partial charge in [0.2, 0.25) is 0 Å². The molecule has 1 heterocycles. The average molecular weight is 257 g/mol. The molecule has 18 heavy (non-hydrogen) atoms. The SMILES string of the molecule is CCCC(CCO)CNCCN1CCN(C)CC1. The van der Waals surface area contributed by atoms with E-state index >= 15 is 0 Å². The van der Waals surface area contributed by atoms with Crippen LogP contribution in [-0.4, -0.2) is 74.4 Å². The molecular weight excluding hydrogens is 226 g/mol. The molecule has 0 spiro atoms. The van der Waals surface area contributed by atoms with Crippen LogP contribution in [0.25, 0.3) is 0 Å². The van der Waals surface area contributed by atoms with Crippen molar-refractivity contribution in [3.8, 4) is 0 Å². The van der Waals surface area contributed by atoms with Gasteiger partial charge in [-0.15, -0.1) is 0 Å². The summed E-state index contributed by atoms with van der Waals surface area (Å²) in [4.78, 5) is 4.93. The first kappa shape index (κ1) is 15.9. The second-order valence-corrected chi connectivity index (χ2v) is 5.52. The zero-order valence-electron chi connectivity index (χ0n) is 12.2. The van der Waals surface area contributed by atoms with Crippen LogP contribution in [0.3, 0.4) is 0 Å². The largest absolute Gasteiger partial charge is 0.396 e. The van der Waals surface area contributed by atoms with Crippen LogP contribution in [0.4, 0.5) is 0 Å². The molecule has 0 aromatic carbocycles. The summed E-state index contributed by atoms with van der Waals surface area (Å²) in [5.41, 5.74) is 0. The summed E-state index contributed by atoms with van der Waals surface area (Å²) in [6.45, 7) is 10.6. The Bertz CT molecular complexity index is 187. The maximum Gasteiger partial charge on any atom is 0.0434 e. The van der Waals surface area contributed by atoms with Gasteiger partial charge in [-0.05, 0) is 32.4 Å². The molecule has 0 radical (unpaired) electrons. The molecule has 0 saturated carbocycles. The molecule has 4 heteroatoms. The lowest BCUT2D eigenvalue weighted by atomic mass is 10.0. The topological polar surface area (TPSA) is 38.7 Å². The second-order valence-electron chi connectivity index (χ2n) is 5.52. The number of likely N-dealkylation sites (N-methyl/N-ethyl adjacent to an activating group) is 1. The number of rotatable bonds is 9. The van der Waals surface area contributed by atoms with Gasteiger partial charge in [0.05, 0.1) is 0 Å². The van der Waals surface area contributed by atoms with E-state index in [0.29, 0.717) is 12.5 Å². The second kappa shape index (κ2) is 9.73. The van der Waals surface area contributed by atoms with E-state index in [-0.39, 0.29) is 0 Å². The molecule has 4 nitrogen and oxygen atoms in total. The van der Waals surface area contributed by atoms with Gasteiger partial charge >= 0.3 is 0 Å². The van der Waals surface area contributed by atoms with Crippen molar-refractivity contribution in [3.05, 3.63) is 0 Å². The van der Waals surface area contributed by atoms with E-state index in [1.54, 1.807) is 0 Å². The summed E-state index contributed by atoms with van der Waals surface area (Å²) >= 11 is 0. The Morgan fingerprint density at radius 3 is 2.50 bits per heavy atom. The van der Waals surface area contributed by atoms with Gasteiger partial charge in [0, 0.05) is 45.9 Å². The van der Waals surface area contributed by atoms with Crippen molar-refractivity contribution in [1.29, 1.82) is 0 Å². The van der Waals surface area contributed by atoms with E-state index in [0.717, 1.165) is 26.1 Å². The molecule has 0 amide bonds. The molecule has 0 bridgehead atoms. The first-order valence-electron chi connectivity index (χ1n) is 7.48. The average Bonchev–Trinajstić information content (AvgIpc) is 2.37. The number of hydrogen-bond donors (Lipinski definition) is 2. The Hall–Kier alpha value is -0.160. The Kier molecular flexibility index (Phi) is 8.59. The van der Waals surface area contributed by atoms with Crippen LogP contribution in [-0.2, 0) is 0 Å². The minimum Gasteiger partial charge on any atom is -0.396 e. The Balaban J connectivity index is 2.02. The van der Waals surface area contributed by atoms with E-state index in [9.17, 15) is 0 Å². The smallest absolute Gasteiger partial charge is 0.0434 e. The van der Waals surface area contributed by atoms with Gasteiger partial charge in [0.1, 0.15) is 0 Å². The molecule has 1 saturated heterocycles. The molecule has 1 aliphatic rings. The summed E-state index contributed by atoms with van der Waals surface area (Å²) in [5.74, 6) is 0.646. The standard InChI is InChI=1S/C14H31N3O/c1-3-4-14(5-12-18)13-15-6-7-17-10-8-16(2)9-11-17/h14-15,18H,3-13H2,1-2H3. The van der Waals surface area contributed by atoms with E-state index in [1.165, 1.54) is 39.0 Å². The highest BCUT2D eigenvalue weighted by atomic mass is 16.3. The van der Waals surface area contributed by atoms with Crippen molar-refractivity contribution in [3.63, 3.8) is 0 Å². The normalized spacial score (nSPS) is 20.2. The van der Waals surface area contributed by atoms with Crippen molar-refractivity contribution in [1.82, 2.24) is 15.1 Å². The lowest BCUT2D eigenvalue weighted by Gasteiger charge is -2.32. The van der Waals surface area contributed by atoms with Gasteiger partial charge in [-0.1, -0.05) is 13.3 Å².